The Morgan fingerprint density at radius 3 is 1.33 bits per heavy atom. The first-order chi connectivity index (χ1) is 23.8. The summed E-state index contributed by atoms with van der Waals surface area (Å²) in [6.07, 6.45) is 0. The van der Waals surface area contributed by atoms with Crippen LogP contribution in [0, 0.1) is 0 Å². The minimum Gasteiger partial charge on any atom is -0.0622 e. The maximum absolute atomic E-state index is 2.36. The predicted molar refractivity (Wildman–Crippen MR) is 205 cm³/mol. The number of hydrogen-bond donors (Lipinski definition) is 0. The summed E-state index contributed by atoms with van der Waals surface area (Å²) in [5.74, 6) is 0. The van der Waals surface area contributed by atoms with Crippen molar-refractivity contribution in [3.05, 3.63) is 182 Å². The van der Waals surface area contributed by atoms with Gasteiger partial charge >= 0.3 is 0 Å². The van der Waals surface area contributed by atoms with E-state index in [1.54, 1.807) is 0 Å². The molecule has 0 aromatic heterocycles. The standard InChI is InChI=1S/C48H30/c1-3-11-32(12-4-1)41-25-26-42(33-13-5-2-6-14-33)48-45-27-24-40(43-16-9-17-44(46(43)45)47(41)48)39-23-22-37-29-36(20-21-38(37)30-39)35-19-18-31-10-7-8-15-34(31)28-35/h1-30H. The molecule has 0 fully saturated rings. The van der Waals surface area contributed by atoms with Crippen molar-refractivity contribution in [3.8, 4) is 66.8 Å². The van der Waals surface area contributed by atoms with Gasteiger partial charge in [-0.3, -0.25) is 0 Å². The molecule has 0 unspecified atom stereocenters. The Kier molecular flexibility index (Phi) is 5.98. The Hall–Kier alpha value is -6.24. The lowest BCUT2D eigenvalue weighted by Gasteiger charge is -2.15. The highest BCUT2D eigenvalue weighted by Gasteiger charge is 2.28. The molecule has 10 rings (SSSR count). The lowest BCUT2D eigenvalue weighted by molar-refractivity contribution is 1.59. The monoisotopic (exact) mass is 606 g/mol. The number of benzene rings is 9. The fraction of sp³-hybridized carbons (Fsp3) is 0. The van der Waals surface area contributed by atoms with Crippen LogP contribution in [0.4, 0.5) is 0 Å². The largest absolute Gasteiger partial charge is 0.0622 e. The molecule has 0 heterocycles. The summed E-state index contributed by atoms with van der Waals surface area (Å²) in [5, 5.41) is 7.69. The van der Waals surface area contributed by atoms with Gasteiger partial charge in [-0.15, -0.1) is 0 Å². The van der Waals surface area contributed by atoms with Crippen LogP contribution in [-0.4, -0.2) is 0 Å². The van der Waals surface area contributed by atoms with Gasteiger partial charge in [0.25, 0.3) is 0 Å². The second kappa shape index (κ2) is 10.7. The zero-order chi connectivity index (χ0) is 31.6. The van der Waals surface area contributed by atoms with E-state index in [1.165, 1.54) is 99.1 Å². The van der Waals surface area contributed by atoms with Gasteiger partial charge in [-0.25, -0.2) is 0 Å². The lowest BCUT2D eigenvalue weighted by Crippen LogP contribution is -1.89. The van der Waals surface area contributed by atoms with Gasteiger partial charge < -0.3 is 0 Å². The molecule has 222 valence electrons. The molecule has 48 heavy (non-hydrogen) atoms. The average Bonchev–Trinajstić information content (AvgIpc) is 3.50. The minimum absolute atomic E-state index is 1.24. The third-order valence-electron chi connectivity index (χ3n) is 10.2. The van der Waals surface area contributed by atoms with Crippen LogP contribution in [0.3, 0.4) is 0 Å². The van der Waals surface area contributed by atoms with E-state index in [1.807, 2.05) is 0 Å². The SMILES string of the molecule is c1ccc(-c2ccc(-c3ccccc3)c3c2-c2cccc4c(-c5ccc6cc(-c7ccc8ccccc8c7)ccc6c5)ccc-3c24)cc1. The van der Waals surface area contributed by atoms with E-state index < -0.39 is 0 Å². The van der Waals surface area contributed by atoms with Crippen molar-refractivity contribution in [2.24, 2.45) is 0 Å². The zero-order valence-electron chi connectivity index (χ0n) is 26.3. The third-order valence-corrected chi connectivity index (χ3v) is 10.2. The quantitative estimate of drug-likeness (QED) is 0.187. The van der Waals surface area contributed by atoms with Crippen molar-refractivity contribution in [2.75, 3.05) is 0 Å². The predicted octanol–water partition coefficient (Wildman–Crippen LogP) is 13.5. The van der Waals surface area contributed by atoms with Crippen LogP contribution in [-0.2, 0) is 0 Å². The highest BCUT2D eigenvalue weighted by atomic mass is 14.3. The number of rotatable bonds is 4. The summed E-state index contributed by atoms with van der Waals surface area (Å²) in [6, 6.07) is 67.0. The van der Waals surface area contributed by atoms with Crippen molar-refractivity contribution in [3.63, 3.8) is 0 Å². The van der Waals surface area contributed by atoms with Gasteiger partial charge in [0.2, 0.25) is 0 Å². The van der Waals surface area contributed by atoms with Crippen LogP contribution < -0.4 is 0 Å². The van der Waals surface area contributed by atoms with E-state index in [0.29, 0.717) is 0 Å². The summed E-state index contributed by atoms with van der Waals surface area (Å²) in [4.78, 5) is 0. The molecule has 0 amide bonds. The Balaban J connectivity index is 1.13. The Bertz CT molecular complexity index is 2630. The first-order valence-electron chi connectivity index (χ1n) is 16.7. The molecule has 0 N–H and O–H groups in total. The van der Waals surface area contributed by atoms with Gasteiger partial charge in [-0.05, 0) is 117 Å². The Morgan fingerprint density at radius 2 is 0.688 bits per heavy atom. The minimum atomic E-state index is 1.24. The number of fused-ring (bicyclic) bond motifs is 5. The van der Waals surface area contributed by atoms with E-state index in [-0.39, 0.29) is 0 Å². The molecular weight excluding hydrogens is 577 g/mol. The van der Waals surface area contributed by atoms with Crippen LogP contribution in [0.2, 0.25) is 0 Å². The fourth-order valence-corrected chi connectivity index (χ4v) is 7.92. The lowest BCUT2D eigenvalue weighted by atomic mass is 9.88. The highest BCUT2D eigenvalue weighted by molar-refractivity contribution is 6.23. The van der Waals surface area contributed by atoms with Gasteiger partial charge in [0, 0.05) is 0 Å². The smallest absolute Gasteiger partial charge is 0.00139 e. The maximum atomic E-state index is 2.36. The molecule has 9 aromatic rings. The molecule has 9 aromatic carbocycles. The van der Waals surface area contributed by atoms with Gasteiger partial charge in [-0.1, -0.05) is 164 Å². The molecule has 0 heteroatoms. The molecule has 0 saturated carbocycles. The molecule has 0 atom stereocenters. The van der Waals surface area contributed by atoms with E-state index in [0.717, 1.165) is 0 Å². The molecule has 0 aliphatic heterocycles. The van der Waals surface area contributed by atoms with Crippen molar-refractivity contribution in [2.45, 2.75) is 0 Å². The van der Waals surface area contributed by atoms with Crippen molar-refractivity contribution < 1.29 is 0 Å². The van der Waals surface area contributed by atoms with Crippen LogP contribution in [0.5, 0.6) is 0 Å². The van der Waals surface area contributed by atoms with Crippen molar-refractivity contribution in [1.29, 1.82) is 0 Å². The second-order valence-corrected chi connectivity index (χ2v) is 12.9. The van der Waals surface area contributed by atoms with Gasteiger partial charge in [0.1, 0.15) is 0 Å². The normalized spacial score (nSPS) is 11.8. The summed E-state index contributed by atoms with van der Waals surface area (Å²) >= 11 is 0. The molecule has 0 radical (unpaired) electrons. The summed E-state index contributed by atoms with van der Waals surface area (Å²) < 4.78 is 0. The summed E-state index contributed by atoms with van der Waals surface area (Å²) in [7, 11) is 0. The van der Waals surface area contributed by atoms with Crippen LogP contribution in [0.25, 0.3) is 99.1 Å². The van der Waals surface area contributed by atoms with Gasteiger partial charge in [0.15, 0.2) is 0 Å². The first kappa shape index (κ1) is 26.9. The van der Waals surface area contributed by atoms with E-state index >= 15 is 0 Å². The second-order valence-electron chi connectivity index (χ2n) is 12.9. The zero-order valence-corrected chi connectivity index (χ0v) is 26.3. The van der Waals surface area contributed by atoms with Crippen molar-refractivity contribution in [1.82, 2.24) is 0 Å². The van der Waals surface area contributed by atoms with Crippen molar-refractivity contribution >= 4 is 32.3 Å². The fourth-order valence-electron chi connectivity index (χ4n) is 7.92. The molecule has 1 aliphatic carbocycles. The Morgan fingerprint density at radius 1 is 0.229 bits per heavy atom. The van der Waals surface area contributed by atoms with E-state index in [4.69, 9.17) is 0 Å². The summed E-state index contributed by atoms with van der Waals surface area (Å²) in [6.45, 7) is 0. The van der Waals surface area contributed by atoms with E-state index in [9.17, 15) is 0 Å². The van der Waals surface area contributed by atoms with Crippen LogP contribution >= 0.6 is 0 Å². The molecule has 1 aliphatic rings. The molecule has 0 saturated heterocycles. The van der Waals surface area contributed by atoms with Crippen LogP contribution in [0.15, 0.2) is 182 Å². The molecule has 0 spiro atoms. The average molecular weight is 607 g/mol. The summed E-state index contributed by atoms with van der Waals surface area (Å²) in [5.41, 5.74) is 15.4. The maximum Gasteiger partial charge on any atom is -0.00139 e. The first-order valence-corrected chi connectivity index (χ1v) is 16.7. The van der Waals surface area contributed by atoms with E-state index in [2.05, 4.69) is 182 Å². The molecule has 0 nitrogen and oxygen atoms in total. The van der Waals surface area contributed by atoms with Gasteiger partial charge in [0.05, 0.1) is 0 Å². The topological polar surface area (TPSA) is 0 Å². The molecule has 0 bridgehead atoms. The Labute approximate surface area is 280 Å². The highest BCUT2D eigenvalue weighted by Crippen LogP contribution is 2.55. The third kappa shape index (κ3) is 4.16. The van der Waals surface area contributed by atoms with Crippen LogP contribution in [0.1, 0.15) is 0 Å². The van der Waals surface area contributed by atoms with Gasteiger partial charge in [-0.2, -0.15) is 0 Å². The molecular formula is C48H30. The number of hydrogen-bond acceptors (Lipinski definition) is 0.